The Morgan fingerprint density at radius 2 is 1.75 bits per heavy atom. The molecule has 2 aromatic rings. The summed E-state index contributed by atoms with van der Waals surface area (Å²) in [5.41, 5.74) is -0.452. The van der Waals surface area contributed by atoms with Crippen LogP contribution in [0.15, 0.2) is 48.5 Å². The molecular formula is C21H24N2O5. The number of ether oxygens (including phenoxy) is 1. The summed E-state index contributed by atoms with van der Waals surface area (Å²) < 4.78 is 5.36. The zero-order valence-electron chi connectivity index (χ0n) is 15.5. The summed E-state index contributed by atoms with van der Waals surface area (Å²) in [6.45, 7) is 3.00. The standard InChI is InChI=1S/C21H24N2O5/c24-18-8-4-1-5-15(18)19(25)13-21(27)16-6-2-3-7-17(16)23(20(21)26)14-22-9-11-28-12-10-22/h1-8,19,24-25,27H,9-14H2. The first-order valence-electron chi connectivity index (χ1n) is 9.40. The summed E-state index contributed by atoms with van der Waals surface area (Å²) >= 11 is 0. The lowest BCUT2D eigenvalue weighted by molar-refractivity contribution is -0.140. The Bertz CT molecular complexity index is 867. The van der Waals surface area contributed by atoms with Crippen LogP contribution in [-0.4, -0.2) is 59.1 Å². The lowest BCUT2D eigenvalue weighted by atomic mass is 9.87. The van der Waals surface area contributed by atoms with E-state index in [-0.39, 0.29) is 17.7 Å². The predicted octanol–water partition coefficient (Wildman–Crippen LogP) is 1.34. The fourth-order valence-corrected chi connectivity index (χ4v) is 3.95. The molecule has 0 spiro atoms. The number of para-hydroxylation sites is 2. The molecule has 2 unspecified atom stereocenters. The smallest absolute Gasteiger partial charge is 0.264 e. The number of carbonyl (C=O) groups excluding carboxylic acids is 1. The second kappa shape index (κ2) is 7.52. The highest BCUT2D eigenvalue weighted by molar-refractivity contribution is 6.06. The number of carbonyl (C=O) groups is 1. The first-order chi connectivity index (χ1) is 13.5. The van der Waals surface area contributed by atoms with Crippen molar-refractivity contribution in [3.05, 3.63) is 59.7 Å². The van der Waals surface area contributed by atoms with E-state index in [1.165, 1.54) is 6.07 Å². The quantitative estimate of drug-likeness (QED) is 0.720. The SMILES string of the molecule is O=C1N(CN2CCOCC2)c2ccccc2C1(O)CC(O)c1ccccc1O. The summed E-state index contributed by atoms with van der Waals surface area (Å²) in [6.07, 6.45) is -1.42. The third-order valence-corrected chi connectivity index (χ3v) is 5.47. The molecule has 2 heterocycles. The molecule has 2 aliphatic rings. The normalized spacial score (nSPS) is 23.6. The van der Waals surface area contributed by atoms with E-state index in [1.54, 1.807) is 41.3 Å². The molecule has 0 saturated carbocycles. The number of phenolic OH excluding ortho intramolecular Hbond substituents is 1. The summed E-state index contributed by atoms with van der Waals surface area (Å²) in [7, 11) is 0. The van der Waals surface area contributed by atoms with Gasteiger partial charge < -0.3 is 20.1 Å². The van der Waals surface area contributed by atoms with Gasteiger partial charge in [0.05, 0.1) is 31.7 Å². The molecule has 7 heteroatoms. The maximum Gasteiger partial charge on any atom is 0.264 e. The monoisotopic (exact) mass is 384 g/mol. The van der Waals surface area contributed by atoms with Crippen LogP contribution in [-0.2, 0) is 15.1 Å². The van der Waals surface area contributed by atoms with E-state index in [1.807, 2.05) is 6.07 Å². The van der Waals surface area contributed by atoms with E-state index in [4.69, 9.17) is 4.74 Å². The Morgan fingerprint density at radius 3 is 2.50 bits per heavy atom. The van der Waals surface area contributed by atoms with Crippen molar-refractivity contribution in [3.8, 4) is 5.75 Å². The fourth-order valence-electron chi connectivity index (χ4n) is 3.95. The maximum absolute atomic E-state index is 13.3. The average Bonchev–Trinajstić information content (AvgIpc) is 2.91. The summed E-state index contributed by atoms with van der Waals surface area (Å²) in [6, 6.07) is 13.5. The Morgan fingerprint density at radius 1 is 1.07 bits per heavy atom. The van der Waals surface area contributed by atoms with E-state index in [9.17, 15) is 20.1 Å². The molecule has 1 amide bonds. The third-order valence-electron chi connectivity index (χ3n) is 5.47. The second-order valence-electron chi connectivity index (χ2n) is 7.26. The minimum atomic E-state index is -1.86. The number of rotatable bonds is 5. The van der Waals surface area contributed by atoms with Crippen molar-refractivity contribution in [2.24, 2.45) is 0 Å². The van der Waals surface area contributed by atoms with Crippen molar-refractivity contribution in [2.45, 2.75) is 18.1 Å². The molecule has 2 aromatic carbocycles. The molecular weight excluding hydrogens is 360 g/mol. The zero-order valence-corrected chi connectivity index (χ0v) is 15.5. The maximum atomic E-state index is 13.3. The largest absolute Gasteiger partial charge is 0.508 e. The van der Waals surface area contributed by atoms with Gasteiger partial charge in [-0.3, -0.25) is 14.6 Å². The average molecular weight is 384 g/mol. The van der Waals surface area contributed by atoms with E-state index < -0.39 is 17.6 Å². The molecule has 1 saturated heterocycles. The highest BCUT2D eigenvalue weighted by atomic mass is 16.5. The molecule has 2 aliphatic heterocycles. The van der Waals surface area contributed by atoms with Crippen molar-refractivity contribution >= 4 is 11.6 Å². The van der Waals surface area contributed by atoms with Crippen LogP contribution in [0.4, 0.5) is 5.69 Å². The number of aliphatic hydroxyl groups excluding tert-OH is 1. The van der Waals surface area contributed by atoms with E-state index in [2.05, 4.69) is 4.90 Å². The van der Waals surface area contributed by atoms with Crippen LogP contribution in [0.1, 0.15) is 23.7 Å². The van der Waals surface area contributed by atoms with Gasteiger partial charge >= 0.3 is 0 Å². The fraction of sp³-hybridized carbons (Fsp3) is 0.381. The van der Waals surface area contributed by atoms with Gasteiger partial charge in [0, 0.05) is 30.6 Å². The number of morpholine rings is 1. The minimum Gasteiger partial charge on any atom is -0.508 e. The van der Waals surface area contributed by atoms with Gasteiger partial charge in [-0.2, -0.15) is 0 Å². The first-order valence-corrected chi connectivity index (χ1v) is 9.40. The Hall–Kier alpha value is -2.45. The molecule has 1 fully saturated rings. The molecule has 0 radical (unpaired) electrons. The number of phenols is 1. The minimum absolute atomic E-state index is 0.0671. The van der Waals surface area contributed by atoms with Crippen LogP contribution in [0.25, 0.3) is 0 Å². The van der Waals surface area contributed by atoms with Gasteiger partial charge in [0.25, 0.3) is 5.91 Å². The van der Waals surface area contributed by atoms with E-state index in [0.29, 0.717) is 44.2 Å². The summed E-state index contributed by atoms with van der Waals surface area (Å²) in [5.74, 6) is -0.530. The Balaban J connectivity index is 1.63. The molecule has 7 nitrogen and oxygen atoms in total. The van der Waals surface area contributed by atoms with Crippen LogP contribution in [0.2, 0.25) is 0 Å². The number of aromatic hydroxyl groups is 1. The topological polar surface area (TPSA) is 93.5 Å². The Kier molecular flexibility index (Phi) is 5.07. The van der Waals surface area contributed by atoms with Crippen LogP contribution < -0.4 is 4.90 Å². The number of hydrogen-bond acceptors (Lipinski definition) is 6. The zero-order chi connectivity index (χ0) is 19.7. The molecule has 0 aromatic heterocycles. The summed E-state index contributed by atoms with van der Waals surface area (Å²) in [5, 5.41) is 32.0. The molecule has 2 atom stereocenters. The van der Waals surface area contributed by atoms with Crippen LogP contribution in [0, 0.1) is 0 Å². The van der Waals surface area contributed by atoms with Gasteiger partial charge in [0.15, 0.2) is 5.60 Å². The number of nitrogens with zero attached hydrogens (tertiary/aromatic N) is 2. The van der Waals surface area contributed by atoms with E-state index in [0.717, 1.165) is 0 Å². The molecule has 0 bridgehead atoms. The van der Waals surface area contributed by atoms with Gasteiger partial charge in [-0.25, -0.2) is 0 Å². The lowest BCUT2D eigenvalue weighted by Crippen LogP contribution is -2.48. The second-order valence-corrected chi connectivity index (χ2v) is 7.26. The van der Waals surface area contributed by atoms with Crippen LogP contribution in [0.5, 0.6) is 5.75 Å². The number of fused-ring (bicyclic) bond motifs is 1. The molecule has 148 valence electrons. The summed E-state index contributed by atoms with van der Waals surface area (Å²) in [4.78, 5) is 16.9. The van der Waals surface area contributed by atoms with Crippen molar-refractivity contribution < 1.29 is 24.9 Å². The molecule has 4 rings (SSSR count). The number of anilines is 1. The highest BCUT2D eigenvalue weighted by Crippen LogP contribution is 2.45. The van der Waals surface area contributed by atoms with E-state index >= 15 is 0 Å². The van der Waals surface area contributed by atoms with Gasteiger partial charge in [-0.15, -0.1) is 0 Å². The third kappa shape index (κ3) is 3.27. The highest BCUT2D eigenvalue weighted by Gasteiger charge is 2.51. The Labute approximate surface area is 163 Å². The van der Waals surface area contributed by atoms with Crippen molar-refractivity contribution in [1.82, 2.24) is 4.90 Å². The van der Waals surface area contributed by atoms with Crippen molar-refractivity contribution in [3.63, 3.8) is 0 Å². The molecule has 28 heavy (non-hydrogen) atoms. The van der Waals surface area contributed by atoms with Gasteiger partial charge in [0.1, 0.15) is 5.75 Å². The van der Waals surface area contributed by atoms with Crippen molar-refractivity contribution in [2.75, 3.05) is 37.9 Å². The van der Waals surface area contributed by atoms with Gasteiger partial charge in [-0.1, -0.05) is 36.4 Å². The van der Waals surface area contributed by atoms with Crippen LogP contribution >= 0.6 is 0 Å². The van der Waals surface area contributed by atoms with Crippen molar-refractivity contribution in [1.29, 1.82) is 0 Å². The number of benzene rings is 2. The predicted molar refractivity (Wildman–Crippen MR) is 103 cm³/mol. The molecule has 0 aliphatic carbocycles. The molecule has 3 N–H and O–H groups in total. The van der Waals surface area contributed by atoms with Crippen LogP contribution in [0.3, 0.4) is 0 Å². The number of aliphatic hydroxyl groups is 2. The van der Waals surface area contributed by atoms with Gasteiger partial charge in [0.2, 0.25) is 0 Å². The van der Waals surface area contributed by atoms with Gasteiger partial charge in [-0.05, 0) is 12.1 Å². The lowest BCUT2D eigenvalue weighted by Gasteiger charge is -2.32. The first kappa shape index (κ1) is 18.9. The number of hydrogen-bond donors (Lipinski definition) is 3. The number of amides is 1.